The normalized spacial score (nSPS) is 10.4. The van der Waals surface area contributed by atoms with Crippen molar-refractivity contribution in [3.8, 4) is 11.3 Å². The molecule has 6 heteroatoms. The molecule has 18 heavy (non-hydrogen) atoms. The smallest absolute Gasteiger partial charge is 0.150 e. The summed E-state index contributed by atoms with van der Waals surface area (Å²) in [6, 6.07) is 6.11. The fourth-order valence-electron chi connectivity index (χ4n) is 1.50. The van der Waals surface area contributed by atoms with Crippen LogP contribution < -0.4 is 0 Å². The molecule has 0 aliphatic carbocycles. The van der Waals surface area contributed by atoms with Crippen LogP contribution >= 0.6 is 46.4 Å². The predicted molar refractivity (Wildman–Crippen MR) is 75.1 cm³/mol. The molecule has 0 bridgehead atoms. The molecule has 2 aromatic rings. The van der Waals surface area contributed by atoms with Crippen molar-refractivity contribution in [2.24, 2.45) is 0 Å². The summed E-state index contributed by atoms with van der Waals surface area (Å²) < 4.78 is 0. The van der Waals surface area contributed by atoms with Crippen molar-refractivity contribution < 1.29 is 4.79 Å². The summed E-state index contributed by atoms with van der Waals surface area (Å²) in [5.41, 5.74) is 1.32. The SMILES string of the molecule is O=Cc1cc(Cl)nc(-c2c(Cl)cc(Cl)cc2Cl)c1. The first-order valence-corrected chi connectivity index (χ1v) is 6.30. The van der Waals surface area contributed by atoms with E-state index in [1.54, 1.807) is 18.2 Å². The van der Waals surface area contributed by atoms with Gasteiger partial charge >= 0.3 is 0 Å². The zero-order valence-electron chi connectivity index (χ0n) is 8.75. The third-order valence-electron chi connectivity index (χ3n) is 2.22. The Bertz CT molecular complexity index is 604. The van der Waals surface area contributed by atoms with Crippen LogP contribution in [0.5, 0.6) is 0 Å². The number of halogens is 4. The summed E-state index contributed by atoms with van der Waals surface area (Å²) in [5, 5.41) is 1.31. The highest BCUT2D eigenvalue weighted by Gasteiger charge is 2.13. The Labute approximate surface area is 123 Å². The molecule has 0 spiro atoms. The summed E-state index contributed by atoms with van der Waals surface area (Å²) in [4.78, 5) is 14.9. The van der Waals surface area contributed by atoms with Crippen LogP contribution in [0, 0.1) is 0 Å². The standard InChI is InChI=1S/C12H5Cl4NO/c13-7-3-8(14)12(9(15)4-7)10-1-6(5-18)2-11(16)17-10/h1-5H. The van der Waals surface area contributed by atoms with Gasteiger partial charge in [0.05, 0.1) is 15.7 Å². The fraction of sp³-hybridized carbons (Fsp3) is 0. The third kappa shape index (κ3) is 2.78. The van der Waals surface area contributed by atoms with Gasteiger partial charge in [0.1, 0.15) is 11.4 Å². The van der Waals surface area contributed by atoms with Gasteiger partial charge in [0.25, 0.3) is 0 Å². The molecule has 0 atom stereocenters. The van der Waals surface area contributed by atoms with Gasteiger partial charge in [-0.15, -0.1) is 0 Å². The summed E-state index contributed by atoms with van der Waals surface area (Å²) in [6.45, 7) is 0. The number of carbonyl (C=O) groups excluding carboxylic acids is 1. The van der Waals surface area contributed by atoms with E-state index in [4.69, 9.17) is 46.4 Å². The van der Waals surface area contributed by atoms with Gasteiger partial charge in [-0.05, 0) is 24.3 Å². The zero-order valence-corrected chi connectivity index (χ0v) is 11.8. The van der Waals surface area contributed by atoms with Crippen molar-refractivity contribution in [3.63, 3.8) is 0 Å². The van der Waals surface area contributed by atoms with Gasteiger partial charge in [0.2, 0.25) is 0 Å². The number of rotatable bonds is 2. The Kier molecular flexibility index (Phi) is 4.13. The highest BCUT2D eigenvalue weighted by Crippen LogP contribution is 2.36. The van der Waals surface area contributed by atoms with Crippen molar-refractivity contribution in [2.75, 3.05) is 0 Å². The molecular weight excluding hydrogens is 316 g/mol. The van der Waals surface area contributed by atoms with E-state index in [0.717, 1.165) is 0 Å². The minimum absolute atomic E-state index is 0.191. The number of aromatic nitrogens is 1. The van der Waals surface area contributed by atoms with Gasteiger partial charge in [-0.25, -0.2) is 4.98 Å². The first kappa shape index (κ1) is 13.6. The molecule has 0 amide bonds. The number of nitrogens with zero attached hydrogens (tertiary/aromatic N) is 1. The average Bonchev–Trinajstić information content (AvgIpc) is 2.26. The average molecular weight is 321 g/mol. The first-order valence-electron chi connectivity index (χ1n) is 4.79. The first-order chi connectivity index (χ1) is 8.51. The fourth-order valence-corrected chi connectivity index (χ4v) is 2.73. The number of pyridine rings is 1. The van der Waals surface area contributed by atoms with Gasteiger partial charge < -0.3 is 0 Å². The third-order valence-corrected chi connectivity index (χ3v) is 3.22. The maximum Gasteiger partial charge on any atom is 0.150 e. The van der Waals surface area contributed by atoms with E-state index in [-0.39, 0.29) is 5.15 Å². The Morgan fingerprint density at radius 2 is 1.56 bits per heavy atom. The Morgan fingerprint density at radius 3 is 2.11 bits per heavy atom. The van der Waals surface area contributed by atoms with Gasteiger partial charge in [-0.2, -0.15) is 0 Å². The van der Waals surface area contributed by atoms with Crippen molar-refractivity contribution in [1.82, 2.24) is 4.98 Å². The van der Waals surface area contributed by atoms with Crippen LogP contribution in [0.4, 0.5) is 0 Å². The zero-order chi connectivity index (χ0) is 13.3. The van der Waals surface area contributed by atoms with E-state index in [2.05, 4.69) is 4.98 Å². The van der Waals surface area contributed by atoms with Gasteiger partial charge in [-0.3, -0.25) is 4.79 Å². The molecule has 2 nitrogen and oxygen atoms in total. The van der Waals surface area contributed by atoms with E-state index in [9.17, 15) is 4.79 Å². The Balaban J connectivity index is 2.69. The summed E-state index contributed by atoms with van der Waals surface area (Å²) in [5.74, 6) is 0. The number of hydrogen-bond acceptors (Lipinski definition) is 2. The monoisotopic (exact) mass is 319 g/mol. The largest absolute Gasteiger partial charge is 0.298 e. The van der Waals surface area contributed by atoms with Crippen molar-refractivity contribution in [2.45, 2.75) is 0 Å². The van der Waals surface area contributed by atoms with Gasteiger partial charge in [0, 0.05) is 16.1 Å². The second kappa shape index (κ2) is 5.45. The second-order valence-corrected chi connectivity index (χ2v) is 5.11. The van der Waals surface area contributed by atoms with Crippen LogP contribution in [0.15, 0.2) is 24.3 Å². The van der Waals surface area contributed by atoms with Crippen LogP contribution in [0.25, 0.3) is 11.3 Å². The predicted octanol–water partition coefficient (Wildman–Crippen LogP) is 5.17. The van der Waals surface area contributed by atoms with Crippen LogP contribution in [0.1, 0.15) is 10.4 Å². The molecule has 92 valence electrons. The van der Waals surface area contributed by atoms with Crippen LogP contribution in [0.2, 0.25) is 20.2 Å². The molecule has 0 radical (unpaired) electrons. The van der Waals surface area contributed by atoms with Crippen molar-refractivity contribution in [1.29, 1.82) is 0 Å². The molecule has 1 aromatic heterocycles. The lowest BCUT2D eigenvalue weighted by Gasteiger charge is -2.08. The summed E-state index contributed by atoms with van der Waals surface area (Å²) in [6.07, 6.45) is 0.675. The highest BCUT2D eigenvalue weighted by atomic mass is 35.5. The number of hydrogen-bond donors (Lipinski definition) is 0. The van der Waals surface area contributed by atoms with E-state index in [1.807, 2.05) is 0 Å². The minimum Gasteiger partial charge on any atom is -0.298 e. The van der Waals surface area contributed by atoms with Crippen LogP contribution in [-0.2, 0) is 0 Å². The summed E-state index contributed by atoms with van der Waals surface area (Å²) in [7, 11) is 0. The van der Waals surface area contributed by atoms with E-state index in [1.165, 1.54) is 6.07 Å². The molecule has 1 heterocycles. The van der Waals surface area contributed by atoms with E-state index in [0.29, 0.717) is 38.2 Å². The second-order valence-electron chi connectivity index (χ2n) is 3.47. The lowest BCUT2D eigenvalue weighted by atomic mass is 10.1. The molecule has 2 rings (SSSR count). The quantitative estimate of drug-likeness (QED) is 0.564. The number of carbonyl (C=O) groups is 1. The van der Waals surface area contributed by atoms with Crippen molar-refractivity contribution in [3.05, 3.63) is 50.0 Å². The molecular formula is C12H5Cl4NO. The van der Waals surface area contributed by atoms with Crippen molar-refractivity contribution >= 4 is 52.7 Å². The van der Waals surface area contributed by atoms with Gasteiger partial charge in [-0.1, -0.05) is 46.4 Å². The molecule has 1 aromatic carbocycles. The maximum atomic E-state index is 10.8. The Morgan fingerprint density at radius 1 is 0.944 bits per heavy atom. The molecule has 0 unspecified atom stereocenters. The van der Waals surface area contributed by atoms with Crippen LogP contribution in [-0.4, -0.2) is 11.3 Å². The molecule has 0 saturated carbocycles. The summed E-state index contributed by atoms with van der Waals surface area (Å²) >= 11 is 23.8. The molecule has 0 fully saturated rings. The number of aldehydes is 1. The van der Waals surface area contributed by atoms with E-state index >= 15 is 0 Å². The molecule has 0 aliphatic rings. The minimum atomic E-state index is 0.191. The molecule has 0 N–H and O–H groups in total. The lowest BCUT2D eigenvalue weighted by molar-refractivity contribution is 0.112. The highest BCUT2D eigenvalue weighted by molar-refractivity contribution is 6.41. The van der Waals surface area contributed by atoms with Gasteiger partial charge in [0.15, 0.2) is 0 Å². The maximum absolute atomic E-state index is 10.8. The number of benzene rings is 1. The molecule has 0 saturated heterocycles. The van der Waals surface area contributed by atoms with E-state index < -0.39 is 0 Å². The molecule has 0 aliphatic heterocycles. The lowest BCUT2D eigenvalue weighted by Crippen LogP contribution is -1.90. The topological polar surface area (TPSA) is 30.0 Å². The Hall–Kier alpha value is -0.800. The van der Waals surface area contributed by atoms with Crippen LogP contribution in [0.3, 0.4) is 0 Å².